The highest BCUT2D eigenvalue weighted by Gasteiger charge is 2.28. The van der Waals surface area contributed by atoms with E-state index in [1.807, 2.05) is 19.0 Å². The maximum Gasteiger partial charge on any atom is 0.259 e. The molecular formula is C17H23Cl2N3O3. The number of rotatable bonds is 5. The van der Waals surface area contributed by atoms with E-state index in [1.54, 1.807) is 21.9 Å². The summed E-state index contributed by atoms with van der Waals surface area (Å²) in [6, 6.07) is 3.18. The van der Waals surface area contributed by atoms with E-state index >= 15 is 0 Å². The Labute approximate surface area is 158 Å². The molecule has 1 aliphatic heterocycles. The lowest BCUT2D eigenvalue weighted by molar-refractivity contribution is -0.132. The third kappa shape index (κ3) is 4.77. The van der Waals surface area contributed by atoms with Gasteiger partial charge in [-0.3, -0.25) is 9.59 Å². The average molecular weight is 388 g/mol. The fraction of sp³-hybridized carbons (Fsp3) is 0.529. The van der Waals surface area contributed by atoms with Crippen molar-refractivity contribution in [3.05, 3.63) is 27.7 Å². The van der Waals surface area contributed by atoms with Crippen molar-refractivity contribution in [1.29, 1.82) is 0 Å². The van der Waals surface area contributed by atoms with E-state index in [4.69, 9.17) is 27.9 Å². The van der Waals surface area contributed by atoms with Crippen LogP contribution in [0.3, 0.4) is 0 Å². The highest BCUT2D eigenvalue weighted by molar-refractivity contribution is 6.37. The van der Waals surface area contributed by atoms with Gasteiger partial charge >= 0.3 is 0 Å². The highest BCUT2D eigenvalue weighted by atomic mass is 35.5. The van der Waals surface area contributed by atoms with Crippen LogP contribution in [-0.4, -0.2) is 80.4 Å². The predicted molar refractivity (Wildman–Crippen MR) is 98.7 cm³/mol. The molecule has 0 bridgehead atoms. The van der Waals surface area contributed by atoms with Crippen molar-refractivity contribution < 1.29 is 14.3 Å². The van der Waals surface area contributed by atoms with E-state index in [0.29, 0.717) is 49.2 Å². The minimum absolute atomic E-state index is 0.110. The van der Waals surface area contributed by atoms with Gasteiger partial charge in [0.2, 0.25) is 5.91 Å². The fourth-order valence-electron chi connectivity index (χ4n) is 2.73. The van der Waals surface area contributed by atoms with Crippen molar-refractivity contribution in [2.45, 2.75) is 6.42 Å². The molecule has 1 saturated heterocycles. The second kappa shape index (κ2) is 8.74. The van der Waals surface area contributed by atoms with Gasteiger partial charge in [-0.2, -0.15) is 0 Å². The van der Waals surface area contributed by atoms with Crippen molar-refractivity contribution in [1.82, 2.24) is 14.7 Å². The Bertz CT molecular complexity index is 644. The van der Waals surface area contributed by atoms with E-state index in [0.717, 1.165) is 0 Å². The molecule has 1 heterocycles. The first-order chi connectivity index (χ1) is 11.8. The van der Waals surface area contributed by atoms with Gasteiger partial charge < -0.3 is 19.4 Å². The van der Waals surface area contributed by atoms with Crippen LogP contribution in [0.5, 0.6) is 5.75 Å². The topological polar surface area (TPSA) is 53.1 Å². The van der Waals surface area contributed by atoms with Crippen LogP contribution in [0.25, 0.3) is 0 Å². The Morgan fingerprint density at radius 2 is 1.64 bits per heavy atom. The van der Waals surface area contributed by atoms with E-state index in [2.05, 4.69) is 0 Å². The van der Waals surface area contributed by atoms with Gasteiger partial charge in [0.1, 0.15) is 5.56 Å². The van der Waals surface area contributed by atoms with Crippen LogP contribution in [0, 0.1) is 0 Å². The smallest absolute Gasteiger partial charge is 0.259 e. The SMILES string of the molecule is COc1c(Cl)ccc(Cl)c1C(=O)N1CCN(C(=O)CCN(C)C)CC1. The van der Waals surface area contributed by atoms with Gasteiger partial charge in [0.05, 0.1) is 17.2 Å². The summed E-state index contributed by atoms with van der Waals surface area (Å²) in [5.74, 6) is 0.160. The minimum Gasteiger partial charge on any atom is -0.494 e. The van der Waals surface area contributed by atoms with Crippen molar-refractivity contribution in [3.8, 4) is 5.75 Å². The molecule has 8 heteroatoms. The Balaban J connectivity index is 2.03. The molecule has 0 aromatic heterocycles. The largest absolute Gasteiger partial charge is 0.494 e. The number of hydrogen-bond donors (Lipinski definition) is 0. The number of halogens is 2. The number of ether oxygens (including phenoxy) is 1. The molecule has 1 aliphatic rings. The number of piperazine rings is 1. The summed E-state index contributed by atoms with van der Waals surface area (Å²) in [5.41, 5.74) is 0.268. The Kier molecular flexibility index (Phi) is 6.93. The van der Waals surface area contributed by atoms with Crippen LogP contribution in [0.2, 0.25) is 10.0 Å². The zero-order valence-electron chi connectivity index (χ0n) is 14.7. The van der Waals surface area contributed by atoms with Gasteiger partial charge in [0, 0.05) is 39.1 Å². The van der Waals surface area contributed by atoms with Crippen LogP contribution in [-0.2, 0) is 4.79 Å². The number of carbonyl (C=O) groups is 2. The minimum atomic E-state index is -0.232. The van der Waals surface area contributed by atoms with E-state index in [1.165, 1.54) is 7.11 Å². The normalized spacial score (nSPS) is 14.8. The Hall–Kier alpha value is -1.50. The number of methoxy groups -OCH3 is 1. The molecule has 0 saturated carbocycles. The zero-order valence-corrected chi connectivity index (χ0v) is 16.2. The quantitative estimate of drug-likeness (QED) is 0.777. The lowest BCUT2D eigenvalue weighted by atomic mass is 10.1. The van der Waals surface area contributed by atoms with Crippen LogP contribution >= 0.6 is 23.2 Å². The molecule has 138 valence electrons. The molecule has 0 atom stereocenters. The number of carbonyl (C=O) groups excluding carboxylic acids is 2. The first-order valence-corrected chi connectivity index (χ1v) is 8.84. The second-order valence-corrected chi connectivity index (χ2v) is 6.98. The molecular weight excluding hydrogens is 365 g/mol. The molecule has 0 N–H and O–H groups in total. The molecule has 0 unspecified atom stereocenters. The molecule has 2 rings (SSSR count). The molecule has 6 nitrogen and oxygen atoms in total. The lowest BCUT2D eigenvalue weighted by Crippen LogP contribution is -2.51. The summed E-state index contributed by atoms with van der Waals surface area (Å²) in [7, 11) is 5.33. The van der Waals surface area contributed by atoms with Gasteiger partial charge in [0.25, 0.3) is 5.91 Å². The maximum absolute atomic E-state index is 12.8. The van der Waals surface area contributed by atoms with Crippen LogP contribution in [0.4, 0.5) is 0 Å². The zero-order chi connectivity index (χ0) is 18.6. The lowest BCUT2D eigenvalue weighted by Gasteiger charge is -2.35. The van der Waals surface area contributed by atoms with Crippen LogP contribution in [0.15, 0.2) is 12.1 Å². The number of hydrogen-bond acceptors (Lipinski definition) is 4. The van der Waals surface area contributed by atoms with Crippen molar-refractivity contribution in [2.24, 2.45) is 0 Å². The Morgan fingerprint density at radius 1 is 1.08 bits per heavy atom. The first kappa shape index (κ1) is 19.8. The molecule has 1 fully saturated rings. The Morgan fingerprint density at radius 3 is 2.20 bits per heavy atom. The van der Waals surface area contributed by atoms with Crippen LogP contribution < -0.4 is 4.74 Å². The number of nitrogens with zero attached hydrogens (tertiary/aromatic N) is 3. The number of amides is 2. The third-order valence-electron chi connectivity index (χ3n) is 4.17. The standard InChI is InChI=1S/C17H23Cl2N3O3/c1-20(2)7-6-14(23)21-8-10-22(11-9-21)17(24)15-12(18)4-5-13(19)16(15)25-3/h4-5H,6-11H2,1-3H3. The fourth-order valence-corrected chi connectivity index (χ4v) is 3.19. The molecule has 2 amide bonds. The second-order valence-electron chi connectivity index (χ2n) is 6.16. The summed E-state index contributed by atoms with van der Waals surface area (Å²) in [6.45, 7) is 2.65. The summed E-state index contributed by atoms with van der Waals surface area (Å²) in [5, 5.41) is 0.642. The van der Waals surface area contributed by atoms with Crippen molar-refractivity contribution in [2.75, 3.05) is 53.9 Å². The molecule has 1 aromatic rings. The average Bonchev–Trinajstić information content (AvgIpc) is 2.60. The maximum atomic E-state index is 12.8. The predicted octanol–water partition coefficient (Wildman–Crippen LogP) is 2.24. The van der Waals surface area contributed by atoms with E-state index in [9.17, 15) is 9.59 Å². The molecule has 0 spiro atoms. The third-order valence-corrected chi connectivity index (χ3v) is 4.78. The number of benzene rings is 1. The first-order valence-electron chi connectivity index (χ1n) is 8.09. The summed E-state index contributed by atoms with van der Waals surface area (Å²) in [4.78, 5) is 30.5. The van der Waals surface area contributed by atoms with Crippen LogP contribution in [0.1, 0.15) is 16.8 Å². The van der Waals surface area contributed by atoms with Gasteiger partial charge in [-0.1, -0.05) is 23.2 Å². The van der Waals surface area contributed by atoms with Gasteiger partial charge in [0.15, 0.2) is 5.75 Å². The van der Waals surface area contributed by atoms with Crippen molar-refractivity contribution >= 4 is 35.0 Å². The van der Waals surface area contributed by atoms with E-state index in [-0.39, 0.29) is 23.1 Å². The highest BCUT2D eigenvalue weighted by Crippen LogP contribution is 2.34. The van der Waals surface area contributed by atoms with Gasteiger partial charge in [-0.15, -0.1) is 0 Å². The summed E-state index contributed by atoms with van der Waals surface area (Å²) in [6.07, 6.45) is 0.481. The molecule has 0 radical (unpaired) electrons. The summed E-state index contributed by atoms with van der Waals surface area (Å²) < 4.78 is 5.25. The monoisotopic (exact) mass is 387 g/mol. The van der Waals surface area contributed by atoms with E-state index < -0.39 is 0 Å². The summed E-state index contributed by atoms with van der Waals surface area (Å²) >= 11 is 12.3. The molecule has 0 aliphatic carbocycles. The molecule has 25 heavy (non-hydrogen) atoms. The van der Waals surface area contributed by atoms with Gasteiger partial charge in [-0.25, -0.2) is 0 Å². The molecule has 1 aromatic carbocycles. The van der Waals surface area contributed by atoms with Gasteiger partial charge in [-0.05, 0) is 26.2 Å². The van der Waals surface area contributed by atoms with Crippen molar-refractivity contribution in [3.63, 3.8) is 0 Å².